The van der Waals surface area contributed by atoms with Crippen molar-refractivity contribution in [2.24, 2.45) is 0 Å². The number of carbonyl (C=O) groups excluding carboxylic acids is 1. The lowest BCUT2D eigenvalue weighted by Gasteiger charge is -2.15. The Balaban J connectivity index is 1.73. The van der Waals surface area contributed by atoms with Gasteiger partial charge in [-0.25, -0.2) is 9.38 Å². The highest BCUT2D eigenvalue weighted by molar-refractivity contribution is 5.97. The summed E-state index contributed by atoms with van der Waals surface area (Å²) in [4.78, 5) is 28.8. The number of rotatable bonds is 7. The van der Waals surface area contributed by atoms with E-state index in [2.05, 4.69) is 25.6 Å². The first kappa shape index (κ1) is 21.1. The summed E-state index contributed by atoms with van der Waals surface area (Å²) in [5.41, 5.74) is 0.546. The minimum Gasteiger partial charge on any atom is -0.507 e. The summed E-state index contributed by atoms with van der Waals surface area (Å²) in [6.45, 7) is 3.27. The Hall–Kier alpha value is -4.15. The van der Waals surface area contributed by atoms with Crippen LogP contribution in [0, 0.1) is 5.95 Å². The predicted molar refractivity (Wildman–Crippen MR) is 111 cm³/mol. The quantitative estimate of drug-likeness (QED) is 0.332. The average molecular weight is 438 g/mol. The molecule has 2 N–H and O–H groups in total. The number of benzene rings is 1. The van der Waals surface area contributed by atoms with Crippen LogP contribution in [0.25, 0.3) is 17.0 Å². The Morgan fingerprint density at radius 2 is 2.09 bits per heavy atom. The van der Waals surface area contributed by atoms with Gasteiger partial charge in [0.2, 0.25) is 11.8 Å². The molecular formula is C21H19FN6O4. The van der Waals surface area contributed by atoms with Crippen molar-refractivity contribution in [3.8, 4) is 22.9 Å². The highest BCUT2D eigenvalue weighted by Crippen LogP contribution is 2.33. The van der Waals surface area contributed by atoms with Gasteiger partial charge in [-0.1, -0.05) is 13.3 Å². The van der Waals surface area contributed by atoms with Crippen LogP contribution in [0.3, 0.4) is 0 Å². The summed E-state index contributed by atoms with van der Waals surface area (Å²) < 4.78 is 21.2. The lowest BCUT2D eigenvalue weighted by atomic mass is 10.0. The zero-order valence-corrected chi connectivity index (χ0v) is 17.3. The number of phenolic OH excluding ortho intramolecular Hbond substituents is 1. The van der Waals surface area contributed by atoms with Crippen LogP contribution in [0.2, 0.25) is 0 Å². The number of aromatic nitrogens is 6. The summed E-state index contributed by atoms with van der Waals surface area (Å²) in [6, 6.07) is 5.71. The highest BCUT2D eigenvalue weighted by Gasteiger charge is 2.18. The van der Waals surface area contributed by atoms with Crippen molar-refractivity contribution >= 4 is 11.4 Å². The van der Waals surface area contributed by atoms with Crippen molar-refractivity contribution < 1.29 is 19.0 Å². The maximum atomic E-state index is 14.5. The number of ketones is 1. The molecule has 0 amide bonds. The number of hydrogen-bond donors (Lipinski definition) is 2. The number of pyridine rings is 1. The van der Waals surface area contributed by atoms with Crippen LogP contribution in [0.5, 0.6) is 11.5 Å². The van der Waals surface area contributed by atoms with Gasteiger partial charge in [0.05, 0.1) is 5.56 Å². The summed E-state index contributed by atoms with van der Waals surface area (Å²) in [7, 11) is 0. The Morgan fingerprint density at radius 3 is 2.78 bits per heavy atom. The predicted octanol–water partition coefficient (Wildman–Crippen LogP) is 2.45. The van der Waals surface area contributed by atoms with E-state index >= 15 is 0 Å². The number of aromatic amines is 1. The molecule has 4 rings (SSSR count). The van der Waals surface area contributed by atoms with E-state index in [4.69, 9.17) is 4.74 Å². The first-order valence-electron chi connectivity index (χ1n) is 9.83. The van der Waals surface area contributed by atoms with E-state index < -0.39 is 11.5 Å². The van der Waals surface area contributed by atoms with Gasteiger partial charge in [-0.2, -0.15) is 9.60 Å². The van der Waals surface area contributed by atoms with Gasteiger partial charge in [0, 0.05) is 17.3 Å². The molecular weight excluding hydrogens is 419 g/mol. The van der Waals surface area contributed by atoms with E-state index in [-0.39, 0.29) is 40.7 Å². The molecule has 0 aliphatic carbocycles. The molecule has 3 heterocycles. The van der Waals surface area contributed by atoms with Gasteiger partial charge in [0.25, 0.3) is 5.56 Å². The molecule has 10 nitrogen and oxygen atoms in total. The Labute approximate surface area is 180 Å². The van der Waals surface area contributed by atoms with Gasteiger partial charge in [0.1, 0.15) is 29.3 Å². The summed E-state index contributed by atoms with van der Waals surface area (Å²) in [5, 5.41) is 23.6. The molecule has 32 heavy (non-hydrogen) atoms. The number of carbonyl (C=O) groups is 1. The molecule has 0 atom stereocenters. The molecule has 0 bridgehead atoms. The number of hydrogen-bond acceptors (Lipinski definition) is 8. The van der Waals surface area contributed by atoms with Gasteiger partial charge >= 0.3 is 0 Å². The second-order valence-corrected chi connectivity index (χ2v) is 7.09. The average Bonchev–Trinajstić information content (AvgIpc) is 3.30. The maximum Gasteiger partial charge on any atom is 0.271 e. The van der Waals surface area contributed by atoms with Gasteiger partial charge in [-0.3, -0.25) is 9.59 Å². The Kier molecular flexibility index (Phi) is 5.63. The van der Waals surface area contributed by atoms with Crippen molar-refractivity contribution in [2.45, 2.75) is 33.3 Å². The van der Waals surface area contributed by atoms with Crippen LogP contribution in [0.4, 0.5) is 4.39 Å². The number of nitrogens with one attached hydrogen (secondary N) is 1. The number of fused-ring (bicyclic) bond motifs is 1. The smallest absolute Gasteiger partial charge is 0.271 e. The minimum absolute atomic E-state index is 0.00296. The number of tetrazole rings is 1. The molecule has 0 radical (unpaired) electrons. The van der Waals surface area contributed by atoms with Crippen molar-refractivity contribution in [1.82, 2.24) is 30.0 Å². The van der Waals surface area contributed by atoms with Crippen LogP contribution in [0.15, 0.2) is 35.3 Å². The van der Waals surface area contributed by atoms with E-state index in [1.165, 1.54) is 25.3 Å². The maximum absolute atomic E-state index is 14.5. The van der Waals surface area contributed by atoms with Crippen molar-refractivity contribution in [1.29, 1.82) is 0 Å². The first-order chi connectivity index (χ1) is 15.4. The highest BCUT2D eigenvalue weighted by atomic mass is 19.1. The SMILES string of the molecule is CCCc1c(OCc2ccc(F)n3c(=O)c(-c4nn[nH]n4)cnc23)ccc(C(C)=O)c1O. The number of nitrogens with zero attached hydrogens (tertiary/aromatic N) is 5. The molecule has 164 valence electrons. The topological polar surface area (TPSA) is 135 Å². The molecule has 11 heteroatoms. The van der Waals surface area contributed by atoms with Gasteiger partial charge in [0.15, 0.2) is 5.78 Å². The van der Waals surface area contributed by atoms with Crippen LogP contribution >= 0.6 is 0 Å². The van der Waals surface area contributed by atoms with Crippen molar-refractivity contribution in [3.05, 3.63) is 63.5 Å². The Bertz CT molecular complexity index is 1370. The molecule has 0 fully saturated rings. The zero-order valence-electron chi connectivity index (χ0n) is 17.3. The van der Waals surface area contributed by atoms with Crippen molar-refractivity contribution in [3.63, 3.8) is 0 Å². The molecule has 0 aliphatic heterocycles. The third-order valence-corrected chi connectivity index (χ3v) is 4.97. The van der Waals surface area contributed by atoms with Gasteiger partial charge in [-0.15, -0.1) is 10.2 Å². The van der Waals surface area contributed by atoms with E-state index in [1.807, 2.05) is 6.92 Å². The first-order valence-corrected chi connectivity index (χ1v) is 9.83. The molecule has 0 aliphatic rings. The normalized spacial score (nSPS) is 11.1. The zero-order chi connectivity index (χ0) is 22.8. The molecule has 0 spiro atoms. The molecule has 0 saturated carbocycles. The van der Waals surface area contributed by atoms with E-state index in [9.17, 15) is 19.1 Å². The van der Waals surface area contributed by atoms with Crippen LogP contribution in [0.1, 0.15) is 41.8 Å². The van der Waals surface area contributed by atoms with E-state index in [0.29, 0.717) is 23.3 Å². The molecule has 0 saturated heterocycles. The molecule has 1 aromatic carbocycles. The van der Waals surface area contributed by atoms with Gasteiger partial charge in [-0.05, 0) is 42.8 Å². The fourth-order valence-electron chi connectivity index (χ4n) is 3.42. The third-order valence-electron chi connectivity index (χ3n) is 4.97. The van der Waals surface area contributed by atoms with Gasteiger partial charge < -0.3 is 9.84 Å². The van der Waals surface area contributed by atoms with Crippen molar-refractivity contribution in [2.75, 3.05) is 0 Å². The fraction of sp³-hybridized carbons (Fsp3) is 0.238. The molecule has 4 aromatic rings. The second kappa shape index (κ2) is 8.53. The second-order valence-electron chi connectivity index (χ2n) is 7.09. The third kappa shape index (κ3) is 3.68. The summed E-state index contributed by atoms with van der Waals surface area (Å²) in [6.07, 6.45) is 2.47. The number of Topliss-reactive ketones (excluding diaryl/α,β-unsaturated/α-hetero) is 1. The molecule has 0 unspecified atom stereocenters. The molecule has 3 aromatic heterocycles. The van der Waals surface area contributed by atoms with E-state index in [0.717, 1.165) is 16.9 Å². The minimum atomic E-state index is -0.804. The largest absolute Gasteiger partial charge is 0.507 e. The fourth-order valence-corrected chi connectivity index (χ4v) is 3.42. The Morgan fingerprint density at radius 1 is 1.28 bits per heavy atom. The monoisotopic (exact) mass is 438 g/mol. The summed E-state index contributed by atoms with van der Waals surface area (Å²) >= 11 is 0. The van der Waals surface area contributed by atoms with E-state index in [1.54, 1.807) is 6.07 Å². The van der Waals surface area contributed by atoms with Crippen LogP contribution < -0.4 is 10.3 Å². The number of H-pyrrole nitrogens is 1. The number of aromatic hydroxyl groups is 1. The summed E-state index contributed by atoms with van der Waals surface area (Å²) in [5.74, 6) is -0.774. The lowest BCUT2D eigenvalue weighted by Crippen LogP contribution is -2.21. The number of halogens is 1. The standard InChI is InChI=1S/C21H19FN6O4/c1-3-4-14-16(7-6-13(11(2)29)18(14)30)32-10-12-5-8-17(22)28-20(12)23-9-15(21(28)31)19-24-26-27-25-19/h5-9,30H,3-4,10H2,1-2H3,(H,24,25,26,27). The van der Waals surface area contributed by atoms with Crippen LogP contribution in [-0.4, -0.2) is 40.9 Å². The number of ether oxygens (including phenoxy) is 1. The number of phenols is 1. The lowest BCUT2D eigenvalue weighted by molar-refractivity contribution is 0.101. The van der Waals surface area contributed by atoms with Crippen LogP contribution in [-0.2, 0) is 13.0 Å².